The zero-order valence-electron chi connectivity index (χ0n) is 14.2. The van der Waals surface area contributed by atoms with Crippen molar-refractivity contribution >= 4 is 17.3 Å². The number of rotatable bonds is 6. The van der Waals surface area contributed by atoms with Gasteiger partial charge in [0.2, 0.25) is 0 Å². The number of hydrogen-bond acceptors (Lipinski definition) is 5. The van der Waals surface area contributed by atoms with Crippen LogP contribution in [0.15, 0.2) is 42.5 Å². The lowest BCUT2D eigenvalue weighted by Gasteiger charge is -2.18. The topological polar surface area (TPSA) is 90.7 Å². The Labute approximate surface area is 151 Å². The molecule has 1 amide bonds. The molecular weight excluding hydrogens is 369 g/mol. The van der Waals surface area contributed by atoms with Gasteiger partial charge in [-0.05, 0) is 25.1 Å². The monoisotopic (exact) mass is 384 g/mol. The molecule has 0 heterocycles. The number of carbonyl (C=O) groups excluding carboxylic acids is 1. The molecule has 2 aromatic rings. The van der Waals surface area contributed by atoms with Crippen molar-refractivity contribution in [2.45, 2.75) is 19.2 Å². The van der Waals surface area contributed by atoms with Gasteiger partial charge in [-0.25, -0.2) is 0 Å². The molecule has 0 spiro atoms. The highest BCUT2D eigenvalue weighted by atomic mass is 19.4. The molecule has 2 rings (SSSR count). The van der Waals surface area contributed by atoms with Gasteiger partial charge in [0, 0.05) is 6.07 Å². The fourth-order valence-corrected chi connectivity index (χ4v) is 2.19. The molecule has 0 saturated heterocycles. The number of amides is 1. The Morgan fingerprint density at radius 3 is 2.44 bits per heavy atom. The lowest BCUT2D eigenvalue weighted by Crippen LogP contribution is -2.31. The number of nitro groups is 1. The van der Waals surface area contributed by atoms with E-state index in [-0.39, 0.29) is 17.2 Å². The molecule has 0 bridgehead atoms. The van der Waals surface area contributed by atoms with E-state index in [0.29, 0.717) is 0 Å². The lowest BCUT2D eigenvalue weighted by molar-refractivity contribution is -0.385. The van der Waals surface area contributed by atoms with Crippen LogP contribution in [0.4, 0.5) is 24.5 Å². The van der Waals surface area contributed by atoms with Crippen LogP contribution in [0.5, 0.6) is 11.5 Å². The molecule has 0 aromatic heterocycles. The second kappa shape index (κ2) is 7.94. The number of halogens is 3. The van der Waals surface area contributed by atoms with Crippen molar-refractivity contribution in [1.82, 2.24) is 0 Å². The third-order valence-electron chi connectivity index (χ3n) is 3.52. The molecule has 1 atom stereocenters. The molecule has 0 saturated carbocycles. The van der Waals surface area contributed by atoms with Crippen LogP contribution in [0.3, 0.4) is 0 Å². The third-order valence-corrected chi connectivity index (χ3v) is 3.52. The number of ether oxygens (including phenoxy) is 2. The summed E-state index contributed by atoms with van der Waals surface area (Å²) in [5.74, 6) is -0.811. The Kier molecular flexibility index (Phi) is 5.88. The Bertz CT molecular complexity index is 855. The first-order valence-electron chi connectivity index (χ1n) is 7.59. The minimum atomic E-state index is -4.64. The van der Waals surface area contributed by atoms with E-state index in [9.17, 15) is 28.1 Å². The molecule has 10 heteroatoms. The molecule has 2 aromatic carbocycles. The van der Waals surface area contributed by atoms with E-state index in [0.717, 1.165) is 18.2 Å². The smallest absolute Gasteiger partial charge is 0.418 e. The number of para-hydroxylation sites is 1. The fraction of sp³-hybridized carbons (Fsp3) is 0.235. The van der Waals surface area contributed by atoms with Crippen molar-refractivity contribution in [3.8, 4) is 11.5 Å². The van der Waals surface area contributed by atoms with Gasteiger partial charge < -0.3 is 14.8 Å². The number of nitrogens with zero attached hydrogens (tertiary/aromatic N) is 1. The molecule has 1 N–H and O–H groups in total. The number of anilines is 1. The summed E-state index contributed by atoms with van der Waals surface area (Å²) < 4.78 is 49.4. The van der Waals surface area contributed by atoms with Gasteiger partial charge in [0.25, 0.3) is 11.6 Å². The van der Waals surface area contributed by atoms with E-state index in [2.05, 4.69) is 5.32 Å². The minimum absolute atomic E-state index is 0.0848. The van der Waals surface area contributed by atoms with Crippen molar-refractivity contribution in [2.75, 3.05) is 12.4 Å². The molecule has 144 valence electrons. The number of alkyl halides is 3. The Balaban J connectivity index is 2.20. The summed E-state index contributed by atoms with van der Waals surface area (Å²) in [5, 5.41) is 13.0. The lowest BCUT2D eigenvalue weighted by atomic mass is 10.1. The first-order chi connectivity index (χ1) is 12.6. The molecule has 0 aliphatic carbocycles. The predicted molar refractivity (Wildman–Crippen MR) is 89.8 cm³/mol. The first-order valence-corrected chi connectivity index (χ1v) is 7.59. The summed E-state index contributed by atoms with van der Waals surface area (Å²) in [6.45, 7) is 1.30. The van der Waals surface area contributed by atoms with Crippen molar-refractivity contribution in [3.05, 3.63) is 58.1 Å². The minimum Gasteiger partial charge on any atom is -0.493 e. The van der Waals surface area contributed by atoms with E-state index in [4.69, 9.17) is 9.47 Å². The summed E-state index contributed by atoms with van der Waals surface area (Å²) in [5.41, 5.74) is -1.71. The van der Waals surface area contributed by atoms with E-state index >= 15 is 0 Å². The van der Waals surface area contributed by atoms with Crippen molar-refractivity contribution in [3.63, 3.8) is 0 Å². The Hall–Kier alpha value is -3.30. The number of non-ortho nitro benzene ring substituents is 1. The largest absolute Gasteiger partial charge is 0.493 e. The highest BCUT2D eigenvalue weighted by Crippen LogP contribution is 2.35. The molecule has 0 aliphatic rings. The number of nitrogens with one attached hydrogen (secondary N) is 1. The first kappa shape index (κ1) is 20.0. The van der Waals surface area contributed by atoms with Gasteiger partial charge in [0.15, 0.2) is 17.6 Å². The molecular formula is C17H15F3N2O5. The van der Waals surface area contributed by atoms with Crippen LogP contribution in [0.25, 0.3) is 0 Å². The van der Waals surface area contributed by atoms with E-state index < -0.39 is 34.4 Å². The van der Waals surface area contributed by atoms with Gasteiger partial charge >= 0.3 is 6.18 Å². The zero-order chi connectivity index (χ0) is 20.2. The number of hydrogen-bond donors (Lipinski definition) is 1. The van der Waals surface area contributed by atoms with Gasteiger partial charge in [-0.15, -0.1) is 0 Å². The molecule has 0 aliphatic heterocycles. The molecule has 0 unspecified atom stereocenters. The normalized spacial score (nSPS) is 12.2. The van der Waals surface area contributed by atoms with Gasteiger partial charge in [-0.2, -0.15) is 13.2 Å². The van der Waals surface area contributed by atoms with Gasteiger partial charge in [-0.3, -0.25) is 14.9 Å². The molecule has 27 heavy (non-hydrogen) atoms. The zero-order valence-corrected chi connectivity index (χ0v) is 14.2. The van der Waals surface area contributed by atoms with Gasteiger partial charge in [0.05, 0.1) is 29.4 Å². The van der Waals surface area contributed by atoms with Crippen LogP contribution in [0.1, 0.15) is 12.5 Å². The number of methoxy groups -OCH3 is 1. The van der Waals surface area contributed by atoms with E-state index in [1.807, 2.05) is 0 Å². The molecule has 0 fully saturated rings. The average molecular weight is 384 g/mol. The summed E-state index contributed by atoms with van der Waals surface area (Å²) in [6, 6.07) is 8.04. The molecule has 7 nitrogen and oxygen atoms in total. The van der Waals surface area contributed by atoms with Crippen molar-refractivity contribution in [1.29, 1.82) is 0 Å². The number of carbonyl (C=O) groups is 1. The third kappa shape index (κ3) is 4.87. The number of benzene rings is 2. The van der Waals surface area contributed by atoms with Gasteiger partial charge in [0.1, 0.15) is 0 Å². The van der Waals surface area contributed by atoms with E-state index in [1.54, 1.807) is 0 Å². The summed E-state index contributed by atoms with van der Waals surface area (Å²) >= 11 is 0. The van der Waals surface area contributed by atoms with Crippen LogP contribution in [-0.4, -0.2) is 24.0 Å². The van der Waals surface area contributed by atoms with Crippen LogP contribution in [-0.2, 0) is 11.0 Å². The maximum Gasteiger partial charge on any atom is 0.418 e. The fourth-order valence-electron chi connectivity index (χ4n) is 2.19. The summed E-state index contributed by atoms with van der Waals surface area (Å²) in [7, 11) is 1.30. The Morgan fingerprint density at radius 1 is 1.19 bits per heavy atom. The van der Waals surface area contributed by atoms with E-state index in [1.165, 1.54) is 38.3 Å². The number of nitro benzene ring substituents is 1. The van der Waals surface area contributed by atoms with Gasteiger partial charge in [-0.1, -0.05) is 12.1 Å². The maximum absolute atomic E-state index is 13.0. The van der Waals surface area contributed by atoms with Crippen molar-refractivity contribution < 1.29 is 32.4 Å². The second-order valence-electron chi connectivity index (χ2n) is 5.38. The maximum atomic E-state index is 13.0. The summed E-state index contributed by atoms with van der Waals surface area (Å²) in [4.78, 5) is 22.4. The SMILES string of the molecule is COc1ccc([N+](=O)[O-])cc1O[C@@H](C)C(=O)Nc1ccccc1C(F)(F)F. The van der Waals surface area contributed by atoms with Crippen LogP contribution < -0.4 is 14.8 Å². The Morgan fingerprint density at radius 2 is 1.85 bits per heavy atom. The van der Waals surface area contributed by atoms with Crippen molar-refractivity contribution in [2.24, 2.45) is 0 Å². The molecule has 0 radical (unpaired) electrons. The highest BCUT2D eigenvalue weighted by Gasteiger charge is 2.34. The van der Waals surface area contributed by atoms with Crippen LogP contribution >= 0.6 is 0 Å². The second-order valence-corrected chi connectivity index (χ2v) is 5.38. The van der Waals surface area contributed by atoms with Crippen LogP contribution in [0.2, 0.25) is 0 Å². The standard InChI is InChI=1S/C17H15F3N2O5/c1-10(27-15-9-11(22(24)25)7-8-14(15)26-2)16(23)21-13-6-4-3-5-12(13)17(18,19)20/h3-10H,1-2H3,(H,21,23)/t10-/m0/s1. The highest BCUT2D eigenvalue weighted by molar-refractivity contribution is 5.95. The predicted octanol–water partition coefficient (Wildman–Crippen LogP) is 4.03. The quantitative estimate of drug-likeness (QED) is 0.600. The van der Waals surface area contributed by atoms with Crippen LogP contribution in [0, 0.1) is 10.1 Å². The average Bonchev–Trinajstić information content (AvgIpc) is 2.61. The summed E-state index contributed by atoms with van der Waals surface area (Å²) in [6.07, 6.45) is -5.89.